The average Bonchev–Trinajstić information content (AvgIpc) is 3.14. The summed E-state index contributed by atoms with van der Waals surface area (Å²) < 4.78 is 28.0. The van der Waals surface area contributed by atoms with Crippen LogP contribution in [0.3, 0.4) is 0 Å². The van der Waals surface area contributed by atoms with Crippen LogP contribution in [0.5, 0.6) is 0 Å². The highest BCUT2D eigenvalue weighted by molar-refractivity contribution is 9.10. The number of hydrogen-bond donors (Lipinski definition) is 1. The molecule has 0 bridgehead atoms. The van der Waals surface area contributed by atoms with E-state index in [1.165, 1.54) is 4.31 Å². The van der Waals surface area contributed by atoms with E-state index in [-0.39, 0.29) is 11.1 Å². The molecule has 1 aliphatic heterocycles. The molecule has 11 heteroatoms. The summed E-state index contributed by atoms with van der Waals surface area (Å²) in [6.07, 6.45) is 6.68. The van der Waals surface area contributed by atoms with Crippen molar-refractivity contribution in [2.45, 2.75) is 25.3 Å². The molecule has 154 valence electrons. The van der Waals surface area contributed by atoms with E-state index < -0.39 is 10.0 Å². The average molecular weight is 500 g/mol. The number of sulfonamides is 1. The summed E-state index contributed by atoms with van der Waals surface area (Å²) in [6, 6.07) is 5.91. The summed E-state index contributed by atoms with van der Waals surface area (Å²) >= 11 is 9.10. The Morgan fingerprint density at radius 1 is 1.28 bits per heavy atom. The van der Waals surface area contributed by atoms with Gasteiger partial charge in [0.1, 0.15) is 11.0 Å². The molecule has 0 aliphatic carbocycles. The molecular formula is C18H20BrClN6O2S. The number of rotatable bonds is 6. The van der Waals surface area contributed by atoms with Crippen LogP contribution in [-0.4, -0.2) is 50.6 Å². The van der Waals surface area contributed by atoms with Crippen LogP contribution in [0.4, 0.5) is 5.82 Å². The Hall–Kier alpha value is -1.75. The highest BCUT2D eigenvalue weighted by Crippen LogP contribution is 2.31. The monoisotopic (exact) mass is 498 g/mol. The lowest BCUT2D eigenvalue weighted by atomic mass is 9.94. The van der Waals surface area contributed by atoms with Gasteiger partial charge in [-0.1, -0.05) is 6.07 Å². The van der Waals surface area contributed by atoms with Gasteiger partial charge in [0.25, 0.3) is 0 Å². The van der Waals surface area contributed by atoms with Crippen LogP contribution in [-0.2, 0) is 16.6 Å². The van der Waals surface area contributed by atoms with Crippen molar-refractivity contribution in [2.24, 2.45) is 0 Å². The van der Waals surface area contributed by atoms with E-state index in [0.29, 0.717) is 32.5 Å². The Kier molecular flexibility index (Phi) is 6.05. The highest BCUT2D eigenvalue weighted by Gasteiger charge is 2.29. The molecule has 3 aromatic rings. The molecule has 0 unspecified atom stereocenters. The predicted octanol–water partition coefficient (Wildman–Crippen LogP) is 3.20. The minimum atomic E-state index is -3.37. The third kappa shape index (κ3) is 4.40. The molecule has 4 heterocycles. The van der Waals surface area contributed by atoms with Crippen LogP contribution in [0.15, 0.2) is 41.3 Å². The van der Waals surface area contributed by atoms with Crippen LogP contribution < -0.4 is 5.32 Å². The molecule has 0 saturated carbocycles. The zero-order chi connectivity index (χ0) is 20.4. The Balaban J connectivity index is 1.58. The fourth-order valence-corrected chi connectivity index (χ4v) is 5.15. The van der Waals surface area contributed by atoms with E-state index in [1.54, 1.807) is 16.9 Å². The van der Waals surface area contributed by atoms with Crippen molar-refractivity contribution in [3.05, 3.63) is 52.5 Å². The van der Waals surface area contributed by atoms with Gasteiger partial charge in [0.05, 0.1) is 10.7 Å². The van der Waals surface area contributed by atoms with E-state index in [0.717, 1.165) is 27.2 Å². The zero-order valence-corrected chi connectivity index (χ0v) is 18.7. The standard InChI is InChI=1S/C18H20BrClN6O2S/c19-15-11-23-26-17(22-10-13-2-1-5-21-9-13)8-16(24-18(15)26)14-3-6-25(7-4-14)29(27,28)12-20/h1-2,5,8-9,11,14,22H,3-4,6-7,10,12H2. The van der Waals surface area contributed by atoms with Gasteiger partial charge in [-0.25, -0.2) is 17.7 Å². The molecular weight excluding hydrogens is 480 g/mol. The minimum Gasteiger partial charge on any atom is -0.366 e. The number of fused-ring (bicyclic) bond motifs is 1. The third-order valence-electron chi connectivity index (χ3n) is 5.05. The third-order valence-corrected chi connectivity index (χ3v) is 7.86. The van der Waals surface area contributed by atoms with Crippen molar-refractivity contribution in [2.75, 3.05) is 23.6 Å². The number of aromatic nitrogens is 4. The smallest absolute Gasteiger partial charge is 0.228 e. The molecule has 1 saturated heterocycles. The Bertz CT molecular complexity index is 1100. The summed E-state index contributed by atoms with van der Waals surface area (Å²) in [5, 5.41) is 7.43. The van der Waals surface area contributed by atoms with E-state index in [1.807, 2.05) is 24.4 Å². The van der Waals surface area contributed by atoms with E-state index in [2.05, 4.69) is 31.3 Å². The molecule has 3 aromatic heterocycles. The van der Waals surface area contributed by atoms with Crippen LogP contribution in [0, 0.1) is 0 Å². The number of hydrogen-bond acceptors (Lipinski definition) is 6. The SMILES string of the molecule is O=S(=O)(CCl)N1CCC(c2cc(NCc3cccnc3)n3ncc(Br)c3n2)CC1. The summed E-state index contributed by atoms with van der Waals surface area (Å²) in [5.74, 6) is 0.998. The predicted molar refractivity (Wildman–Crippen MR) is 115 cm³/mol. The van der Waals surface area contributed by atoms with Crippen molar-refractivity contribution in [1.82, 2.24) is 23.9 Å². The lowest BCUT2D eigenvalue weighted by Crippen LogP contribution is -2.38. The van der Waals surface area contributed by atoms with Gasteiger partial charge in [-0.2, -0.15) is 9.61 Å². The van der Waals surface area contributed by atoms with Crippen LogP contribution in [0.25, 0.3) is 5.65 Å². The van der Waals surface area contributed by atoms with Gasteiger partial charge in [0.2, 0.25) is 10.0 Å². The second-order valence-electron chi connectivity index (χ2n) is 6.90. The summed E-state index contributed by atoms with van der Waals surface area (Å²) in [6.45, 7) is 1.51. The van der Waals surface area contributed by atoms with Crippen molar-refractivity contribution >= 4 is 49.0 Å². The topological polar surface area (TPSA) is 92.5 Å². The molecule has 1 aliphatic rings. The lowest BCUT2D eigenvalue weighted by molar-refractivity contribution is 0.318. The molecule has 1 N–H and O–H groups in total. The van der Waals surface area contributed by atoms with Gasteiger partial charge in [-0.3, -0.25) is 4.98 Å². The van der Waals surface area contributed by atoms with E-state index in [4.69, 9.17) is 16.6 Å². The van der Waals surface area contributed by atoms with Crippen molar-refractivity contribution in [3.63, 3.8) is 0 Å². The zero-order valence-electron chi connectivity index (χ0n) is 15.5. The maximum atomic E-state index is 12.0. The van der Waals surface area contributed by atoms with Crippen LogP contribution in [0.1, 0.15) is 30.0 Å². The number of halogens is 2. The second-order valence-corrected chi connectivity index (χ2v) is 10.3. The number of alkyl halides is 1. The molecule has 4 rings (SSSR count). The van der Waals surface area contributed by atoms with Gasteiger partial charge < -0.3 is 5.32 Å². The number of nitrogens with one attached hydrogen (secondary N) is 1. The number of nitrogens with zero attached hydrogens (tertiary/aromatic N) is 5. The lowest BCUT2D eigenvalue weighted by Gasteiger charge is -2.30. The molecule has 0 spiro atoms. The van der Waals surface area contributed by atoms with E-state index >= 15 is 0 Å². The first kappa shape index (κ1) is 20.5. The van der Waals surface area contributed by atoms with Gasteiger partial charge in [0, 0.05) is 49.7 Å². The Morgan fingerprint density at radius 3 is 2.76 bits per heavy atom. The second kappa shape index (κ2) is 8.55. The number of pyridine rings is 1. The molecule has 0 amide bonds. The fraction of sp³-hybridized carbons (Fsp3) is 0.389. The minimum absolute atomic E-state index is 0.169. The van der Waals surface area contributed by atoms with Gasteiger partial charge in [-0.15, -0.1) is 11.6 Å². The summed E-state index contributed by atoms with van der Waals surface area (Å²) in [4.78, 5) is 8.93. The molecule has 0 radical (unpaired) electrons. The Labute approximate surface area is 182 Å². The van der Waals surface area contributed by atoms with E-state index in [9.17, 15) is 8.42 Å². The maximum Gasteiger partial charge on any atom is 0.228 e. The Morgan fingerprint density at radius 2 is 2.07 bits per heavy atom. The summed E-state index contributed by atoms with van der Waals surface area (Å²) in [7, 11) is -3.37. The number of anilines is 1. The fourth-order valence-electron chi connectivity index (χ4n) is 3.48. The van der Waals surface area contributed by atoms with Gasteiger partial charge in [0.15, 0.2) is 5.65 Å². The molecule has 8 nitrogen and oxygen atoms in total. The van der Waals surface area contributed by atoms with Crippen LogP contribution in [0.2, 0.25) is 0 Å². The first-order valence-corrected chi connectivity index (χ1v) is 12.1. The number of piperidine rings is 1. The first-order chi connectivity index (χ1) is 14.0. The maximum absolute atomic E-state index is 12.0. The van der Waals surface area contributed by atoms with Crippen LogP contribution >= 0.6 is 27.5 Å². The van der Waals surface area contributed by atoms with Gasteiger partial charge >= 0.3 is 0 Å². The molecule has 1 fully saturated rings. The summed E-state index contributed by atoms with van der Waals surface area (Å²) in [5.41, 5.74) is 2.71. The van der Waals surface area contributed by atoms with Crippen molar-refractivity contribution in [1.29, 1.82) is 0 Å². The van der Waals surface area contributed by atoms with Gasteiger partial charge in [-0.05, 0) is 40.4 Å². The van der Waals surface area contributed by atoms with Crippen molar-refractivity contribution < 1.29 is 8.42 Å². The molecule has 0 atom stereocenters. The highest BCUT2D eigenvalue weighted by atomic mass is 79.9. The first-order valence-electron chi connectivity index (χ1n) is 9.18. The van der Waals surface area contributed by atoms with Crippen molar-refractivity contribution in [3.8, 4) is 0 Å². The molecule has 29 heavy (non-hydrogen) atoms. The quantitative estimate of drug-likeness (QED) is 0.524. The normalized spacial score (nSPS) is 16.3. The molecule has 0 aromatic carbocycles. The largest absolute Gasteiger partial charge is 0.366 e.